The highest BCUT2D eigenvalue weighted by Gasteiger charge is 2.19. The smallest absolute Gasteiger partial charge is 0.140 e. The molecule has 0 unspecified atom stereocenters. The maximum absolute atomic E-state index is 5.55. The molecular formula is C17H19BrO. The summed E-state index contributed by atoms with van der Waals surface area (Å²) in [6, 6.07) is 14.7. The molecule has 0 fully saturated rings. The maximum atomic E-state index is 5.55. The molecule has 0 saturated heterocycles. The summed E-state index contributed by atoms with van der Waals surface area (Å²) in [5.41, 5.74) is 3.70. The van der Waals surface area contributed by atoms with Crippen molar-refractivity contribution in [1.29, 1.82) is 0 Å². The van der Waals surface area contributed by atoms with Gasteiger partial charge in [-0.15, -0.1) is 0 Å². The molecule has 100 valence electrons. The summed E-state index contributed by atoms with van der Waals surface area (Å²) in [5, 5.41) is 0. The van der Waals surface area contributed by atoms with E-state index in [4.69, 9.17) is 4.74 Å². The average Bonchev–Trinajstić information content (AvgIpc) is 2.37. The van der Waals surface area contributed by atoms with Gasteiger partial charge in [0.25, 0.3) is 0 Å². The Bertz CT molecular complexity index is 568. The number of hydrogen-bond donors (Lipinski definition) is 0. The van der Waals surface area contributed by atoms with Crippen molar-refractivity contribution in [2.45, 2.75) is 26.2 Å². The number of hydrogen-bond acceptors (Lipinski definition) is 1. The number of methoxy groups -OCH3 is 1. The van der Waals surface area contributed by atoms with E-state index < -0.39 is 0 Å². The van der Waals surface area contributed by atoms with Gasteiger partial charge in [-0.3, -0.25) is 0 Å². The standard InChI is InChI=1S/C17H19BrO/c1-17(2,3)13-10-14(12-8-6-5-7-9-12)16(19-4)15(18)11-13/h5-11H,1-4H3. The molecule has 0 amide bonds. The minimum absolute atomic E-state index is 0.109. The van der Waals surface area contributed by atoms with Gasteiger partial charge in [0.2, 0.25) is 0 Å². The summed E-state index contributed by atoms with van der Waals surface area (Å²) in [5.74, 6) is 0.888. The van der Waals surface area contributed by atoms with Crippen LogP contribution in [-0.4, -0.2) is 7.11 Å². The third-order valence-electron chi connectivity index (χ3n) is 3.20. The first kappa shape index (κ1) is 14.1. The lowest BCUT2D eigenvalue weighted by molar-refractivity contribution is 0.413. The summed E-state index contributed by atoms with van der Waals surface area (Å²) in [6.45, 7) is 6.65. The third-order valence-corrected chi connectivity index (χ3v) is 3.79. The van der Waals surface area contributed by atoms with Gasteiger partial charge in [-0.2, -0.15) is 0 Å². The fourth-order valence-corrected chi connectivity index (χ4v) is 2.69. The molecule has 1 nitrogen and oxygen atoms in total. The first-order valence-electron chi connectivity index (χ1n) is 6.37. The SMILES string of the molecule is COc1c(Br)cc(C(C)(C)C)cc1-c1ccccc1. The van der Waals surface area contributed by atoms with E-state index in [1.165, 1.54) is 11.1 Å². The Kier molecular flexibility index (Phi) is 4.00. The molecule has 0 bridgehead atoms. The number of ether oxygens (including phenoxy) is 1. The van der Waals surface area contributed by atoms with Crippen molar-refractivity contribution in [3.8, 4) is 16.9 Å². The topological polar surface area (TPSA) is 9.23 Å². The van der Waals surface area contributed by atoms with Crippen LogP contribution in [0.15, 0.2) is 46.9 Å². The van der Waals surface area contributed by atoms with Crippen LogP contribution in [0.3, 0.4) is 0 Å². The monoisotopic (exact) mass is 318 g/mol. The first-order valence-corrected chi connectivity index (χ1v) is 7.16. The molecule has 19 heavy (non-hydrogen) atoms. The summed E-state index contributed by atoms with van der Waals surface area (Å²) in [7, 11) is 1.71. The Morgan fingerprint density at radius 2 is 1.63 bits per heavy atom. The second-order valence-electron chi connectivity index (χ2n) is 5.65. The highest BCUT2D eigenvalue weighted by molar-refractivity contribution is 9.10. The van der Waals surface area contributed by atoms with Gasteiger partial charge in [-0.25, -0.2) is 0 Å². The van der Waals surface area contributed by atoms with E-state index in [9.17, 15) is 0 Å². The number of halogens is 1. The third kappa shape index (κ3) is 3.01. The second-order valence-corrected chi connectivity index (χ2v) is 6.51. The van der Waals surface area contributed by atoms with Crippen molar-refractivity contribution in [1.82, 2.24) is 0 Å². The van der Waals surface area contributed by atoms with Gasteiger partial charge >= 0.3 is 0 Å². The molecule has 2 rings (SSSR count). The van der Waals surface area contributed by atoms with Crippen LogP contribution >= 0.6 is 15.9 Å². The fraction of sp³-hybridized carbons (Fsp3) is 0.294. The molecule has 0 aliphatic carbocycles. The predicted octanol–water partition coefficient (Wildman–Crippen LogP) is 5.42. The summed E-state index contributed by atoms with van der Waals surface area (Å²) in [4.78, 5) is 0. The van der Waals surface area contributed by atoms with E-state index in [0.717, 1.165) is 15.8 Å². The molecule has 0 aromatic heterocycles. The van der Waals surface area contributed by atoms with Crippen molar-refractivity contribution < 1.29 is 4.74 Å². The van der Waals surface area contributed by atoms with Gasteiger partial charge in [0.15, 0.2) is 0 Å². The summed E-state index contributed by atoms with van der Waals surface area (Å²) < 4.78 is 6.55. The molecule has 0 radical (unpaired) electrons. The van der Waals surface area contributed by atoms with Crippen LogP contribution in [0.2, 0.25) is 0 Å². The van der Waals surface area contributed by atoms with Crippen molar-refractivity contribution >= 4 is 15.9 Å². The van der Waals surface area contributed by atoms with E-state index in [-0.39, 0.29) is 5.41 Å². The van der Waals surface area contributed by atoms with Gasteiger partial charge in [-0.1, -0.05) is 51.1 Å². The van der Waals surface area contributed by atoms with Crippen molar-refractivity contribution in [2.75, 3.05) is 7.11 Å². The largest absolute Gasteiger partial charge is 0.495 e. The van der Waals surface area contributed by atoms with E-state index in [0.29, 0.717) is 0 Å². The van der Waals surface area contributed by atoms with Gasteiger partial charge in [0, 0.05) is 5.56 Å². The molecule has 0 heterocycles. The van der Waals surface area contributed by atoms with E-state index >= 15 is 0 Å². The lowest BCUT2D eigenvalue weighted by Gasteiger charge is -2.22. The molecule has 0 aliphatic rings. The van der Waals surface area contributed by atoms with Gasteiger partial charge in [0.05, 0.1) is 11.6 Å². The maximum Gasteiger partial charge on any atom is 0.140 e. The molecule has 0 spiro atoms. The van der Waals surface area contributed by atoms with Crippen LogP contribution in [0.25, 0.3) is 11.1 Å². The second kappa shape index (κ2) is 5.38. The van der Waals surface area contributed by atoms with Crippen molar-refractivity contribution in [3.63, 3.8) is 0 Å². The Balaban J connectivity index is 2.67. The Labute approximate surface area is 123 Å². The molecule has 0 atom stereocenters. The predicted molar refractivity (Wildman–Crippen MR) is 84.8 cm³/mol. The Morgan fingerprint density at radius 1 is 1.00 bits per heavy atom. The normalized spacial score (nSPS) is 11.4. The van der Waals surface area contributed by atoms with Crippen LogP contribution in [0, 0.1) is 0 Å². The molecule has 0 aliphatic heterocycles. The molecular weight excluding hydrogens is 300 g/mol. The van der Waals surface area contributed by atoms with Gasteiger partial charge in [-0.05, 0) is 44.6 Å². The van der Waals surface area contributed by atoms with Crippen LogP contribution in [0.1, 0.15) is 26.3 Å². The molecule has 2 heteroatoms. The lowest BCUT2D eigenvalue weighted by atomic mass is 9.85. The minimum Gasteiger partial charge on any atom is -0.495 e. The summed E-state index contributed by atoms with van der Waals surface area (Å²) >= 11 is 3.62. The Morgan fingerprint density at radius 3 is 2.16 bits per heavy atom. The van der Waals surface area contributed by atoms with Crippen LogP contribution < -0.4 is 4.74 Å². The van der Waals surface area contributed by atoms with Gasteiger partial charge in [0.1, 0.15) is 5.75 Å². The lowest BCUT2D eigenvalue weighted by Crippen LogP contribution is -2.11. The fourth-order valence-electron chi connectivity index (χ4n) is 2.07. The zero-order valence-electron chi connectivity index (χ0n) is 11.8. The highest BCUT2D eigenvalue weighted by atomic mass is 79.9. The van der Waals surface area contributed by atoms with Crippen LogP contribution in [0.5, 0.6) is 5.75 Å². The van der Waals surface area contributed by atoms with E-state index in [1.807, 2.05) is 18.2 Å². The van der Waals surface area contributed by atoms with Crippen LogP contribution in [-0.2, 0) is 5.41 Å². The highest BCUT2D eigenvalue weighted by Crippen LogP contribution is 2.40. The van der Waals surface area contributed by atoms with Crippen molar-refractivity contribution in [2.24, 2.45) is 0 Å². The quantitative estimate of drug-likeness (QED) is 0.718. The molecule has 2 aromatic rings. The minimum atomic E-state index is 0.109. The summed E-state index contributed by atoms with van der Waals surface area (Å²) in [6.07, 6.45) is 0. The van der Waals surface area contributed by atoms with E-state index in [2.05, 4.69) is 61.0 Å². The van der Waals surface area contributed by atoms with Crippen molar-refractivity contribution in [3.05, 3.63) is 52.5 Å². The number of rotatable bonds is 2. The molecule has 0 N–H and O–H groups in total. The number of benzene rings is 2. The zero-order chi connectivity index (χ0) is 14.0. The van der Waals surface area contributed by atoms with E-state index in [1.54, 1.807) is 7.11 Å². The average molecular weight is 319 g/mol. The molecule has 2 aromatic carbocycles. The van der Waals surface area contributed by atoms with Gasteiger partial charge < -0.3 is 4.74 Å². The molecule has 0 saturated carbocycles. The first-order chi connectivity index (χ1) is 8.93. The Hall–Kier alpha value is -1.28. The van der Waals surface area contributed by atoms with Crippen LogP contribution in [0.4, 0.5) is 0 Å². The zero-order valence-corrected chi connectivity index (χ0v) is 13.4.